The predicted octanol–water partition coefficient (Wildman–Crippen LogP) is 11.1. The highest BCUT2D eigenvalue weighted by molar-refractivity contribution is 5.83. The highest BCUT2D eigenvalue weighted by atomic mass is 15.0. The zero-order valence-electron chi connectivity index (χ0n) is 26.9. The van der Waals surface area contributed by atoms with E-state index in [-0.39, 0.29) is 5.41 Å². The molecule has 0 unspecified atom stereocenters. The summed E-state index contributed by atoms with van der Waals surface area (Å²) in [5.74, 6) is 1.99. The van der Waals surface area contributed by atoms with Gasteiger partial charge in [-0.3, -0.25) is 0 Å². The molecule has 3 heteroatoms. The Morgan fingerprint density at radius 2 is 0.787 bits per heavy atom. The van der Waals surface area contributed by atoms with E-state index < -0.39 is 0 Å². The van der Waals surface area contributed by atoms with Gasteiger partial charge in [-0.1, -0.05) is 160 Å². The van der Waals surface area contributed by atoms with E-state index in [1.165, 1.54) is 38.9 Å². The highest BCUT2D eigenvalue weighted by Crippen LogP contribution is 2.50. The zero-order chi connectivity index (χ0) is 32.0. The Bertz CT molecular complexity index is 2120. The van der Waals surface area contributed by atoms with Gasteiger partial charge in [0.25, 0.3) is 0 Å². The molecule has 1 aliphatic rings. The average molecular weight is 606 g/mol. The van der Waals surface area contributed by atoms with Crippen LogP contribution in [0.3, 0.4) is 0 Å². The number of nitrogens with zero attached hydrogens (tertiary/aromatic N) is 3. The molecular weight excluding hydrogens is 571 g/mol. The minimum atomic E-state index is -0.120. The van der Waals surface area contributed by atoms with Gasteiger partial charge in [0.15, 0.2) is 17.5 Å². The van der Waals surface area contributed by atoms with Crippen LogP contribution in [0, 0.1) is 0 Å². The van der Waals surface area contributed by atoms with Crippen LogP contribution < -0.4 is 0 Å². The van der Waals surface area contributed by atoms with Crippen molar-refractivity contribution in [2.24, 2.45) is 0 Å². The van der Waals surface area contributed by atoms with Gasteiger partial charge in [-0.15, -0.1) is 0 Å². The Kier molecular flexibility index (Phi) is 7.10. The second-order valence-corrected chi connectivity index (χ2v) is 12.8. The summed E-state index contributed by atoms with van der Waals surface area (Å²) in [5, 5.41) is 0. The van der Waals surface area contributed by atoms with Crippen LogP contribution >= 0.6 is 0 Å². The number of aryl methyl sites for hydroxylation is 1. The molecule has 0 fully saturated rings. The summed E-state index contributed by atoms with van der Waals surface area (Å²) >= 11 is 0. The van der Waals surface area contributed by atoms with Gasteiger partial charge >= 0.3 is 0 Å². The first-order valence-corrected chi connectivity index (χ1v) is 16.3. The van der Waals surface area contributed by atoms with Crippen LogP contribution in [0.5, 0.6) is 0 Å². The van der Waals surface area contributed by atoms with Crippen LogP contribution in [0.4, 0.5) is 0 Å². The van der Waals surface area contributed by atoms with Crippen molar-refractivity contribution in [2.75, 3.05) is 0 Å². The smallest absolute Gasteiger partial charge is 0.164 e. The predicted molar refractivity (Wildman–Crippen MR) is 194 cm³/mol. The van der Waals surface area contributed by atoms with Crippen LogP contribution in [0.25, 0.3) is 67.5 Å². The summed E-state index contributed by atoms with van der Waals surface area (Å²) in [7, 11) is 0. The number of rotatable bonds is 6. The van der Waals surface area contributed by atoms with Crippen LogP contribution in [0.1, 0.15) is 37.5 Å². The van der Waals surface area contributed by atoms with E-state index >= 15 is 0 Å². The molecule has 0 N–H and O–H groups in total. The van der Waals surface area contributed by atoms with E-state index in [2.05, 4.69) is 154 Å². The molecular formula is C44H35N3. The number of fused-ring (bicyclic) bond motifs is 3. The van der Waals surface area contributed by atoms with E-state index in [0.29, 0.717) is 17.5 Å². The van der Waals surface area contributed by atoms with Crippen LogP contribution in [0.2, 0.25) is 0 Å². The highest BCUT2D eigenvalue weighted by Gasteiger charge is 2.36. The third kappa shape index (κ3) is 5.24. The Morgan fingerprint density at radius 3 is 1.28 bits per heavy atom. The second kappa shape index (κ2) is 11.6. The minimum absolute atomic E-state index is 0.120. The number of aromatic nitrogens is 3. The Hall–Kier alpha value is -5.67. The van der Waals surface area contributed by atoms with Crippen LogP contribution in [-0.4, -0.2) is 15.0 Å². The van der Waals surface area contributed by atoms with Crippen molar-refractivity contribution in [1.82, 2.24) is 15.0 Å². The quantitative estimate of drug-likeness (QED) is 0.189. The second-order valence-electron chi connectivity index (χ2n) is 12.8. The summed E-state index contributed by atoms with van der Waals surface area (Å²) in [6, 6.07) is 51.5. The molecule has 8 rings (SSSR count). The van der Waals surface area contributed by atoms with Crippen molar-refractivity contribution in [3.63, 3.8) is 0 Å². The van der Waals surface area contributed by atoms with E-state index in [1.54, 1.807) is 0 Å². The normalized spacial score (nSPS) is 12.8. The van der Waals surface area contributed by atoms with E-state index in [4.69, 9.17) is 15.0 Å². The van der Waals surface area contributed by atoms with Crippen molar-refractivity contribution in [2.45, 2.75) is 32.6 Å². The molecule has 1 heterocycles. The molecule has 0 aliphatic heterocycles. The van der Waals surface area contributed by atoms with E-state index in [0.717, 1.165) is 34.2 Å². The van der Waals surface area contributed by atoms with Crippen molar-refractivity contribution in [1.29, 1.82) is 0 Å². The molecule has 3 nitrogen and oxygen atoms in total. The summed E-state index contributed by atoms with van der Waals surface area (Å²) in [4.78, 5) is 15.2. The van der Waals surface area contributed by atoms with Gasteiger partial charge in [-0.2, -0.15) is 0 Å². The molecule has 7 aromatic rings. The fourth-order valence-electron chi connectivity index (χ4n) is 6.79. The SMILES string of the molecule is CCc1ccc2c(c1)C(C)(C)c1cc(-c3nc(-c4ccc(-c5ccccc5)cc4)nc(-c4ccc(-c5ccccc5)cc4)n3)ccc1-2. The third-order valence-electron chi connectivity index (χ3n) is 9.54. The van der Waals surface area contributed by atoms with Gasteiger partial charge in [-0.05, 0) is 62.6 Å². The van der Waals surface area contributed by atoms with Gasteiger partial charge in [-0.25, -0.2) is 15.0 Å². The zero-order valence-corrected chi connectivity index (χ0v) is 26.9. The first-order chi connectivity index (χ1) is 23.0. The van der Waals surface area contributed by atoms with Crippen LogP contribution in [-0.2, 0) is 11.8 Å². The van der Waals surface area contributed by atoms with Crippen molar-refractivity contribution >= 4 is 0 Å². The fraction of sp³-hybridized carbons (Fsp3) is 0.114. The molecule has 0 saturated carbocycles. The maximum atomic E-state index is 5.09. The van der Waals surface area contributed by atoms with Crippen LogP contribution in [0.15, 0.2) is 146 Å². The number of hydrogen-bond acceptors (Lipinski definition) is 3. The minimum Gasteiger partial charge on any atom is -0.208 e. The van der Waals surface area contributed by atoms with Gasteiger partial charge < -0.3 is 0 Å². The molecule has 0 saturated heterocycles. The van der Waals surface area contributed by atoms with E-state index in [9.17, 15) is 0 Å². The van der Waals surface area contributed by atoms with Gasteiger partial charge in [0.05, 0.1) is 0 Å². The van der Waals surface area contributed by atoms with Crippen molar-refractivity contribution < 1.29 is 0 Å². The molecule has 1 aliphatic carbocycles. The van der Waals surface area contributed by atoms with Gasteiger partial charge in [0.1, 0.15) is 0 Å². The lowest BCUT2D eigenvalue weighted by atomic mass is 9.81. The maximum absolute atomic E-state index is 5.09. The molecule has 0 amide bonds. The van der Waals surface area contributed by atoms with E-state index in [1.807, 2.05) is 12.1 Å². The number of hydrogen-bond donors (Lipinski definition) is 0. The topological polar surface area (TPSA) is 38.7 Å². The lowest BCUT2D eigenvalue weighted by Crippen LogP contribution is -2.15. The Labute approximate surface area is 276 Å². The largest absolute Gasteiger partial charge is 0.208 e. The summed E-state index contributed by atoms with van der Waals surface area (Å²) < 4.78 is 0. The molecule has 0 atom stereocenters. The van der Waals surface area contributed by atoms with Crippen molar-refractivity contribution in [3.05, 3.63) is 162 Å². The van der Waals surface area contributed by atoms with Crippen molar-refractivity contribution in [3.8, 4) is 67.5 Å². The Morgan fingerprint density at radius 1 is 0.404 bits per heavy atom. The summed E-state index contributed by atoms with van der Waals surface area (Å²) in [5.41, 5.74) is 14.1. The Balaban J connectivity index is 1.23. The average Bonchev–Trinajstić information content (AvgIpc) is 3.37. The van der Waals surface area contributed by atoms with Gasteiger partial charge in [0.2, 0.25) is 0 Å². The third-order valence-corrected chi connectivity index (χ3v) is 9.54. The summed E-state index contributed by atoms with van der Waals surface area (Å²) in [6.07, 6.45) is 1.03. The first kappa shape index (κ1) is 28.8. The number of benzene rings is 6. The first-order valence-electron chi connectivity index (χ1n) is 16.3. The maximum Gasteiger partial charge on any atom is 0.164 e. The fourth-order valence-corrected chi connectivity index (χ4v) is 6.79. The molecule has 0 spiro atoms. The lowest BCUT2D eigenvalue weighted by Gasteiger charge is -2.22. The molecule has 0 bridgehead atoms. The monoisotopic (exact) mass is 605 g/mol. The lowest BCUT2D eigenvalue weighted by molar-refractivity contribution is 0.659. The standard InChI is InChI=1S/C44H35N3/c1-4-29-15-25-37-38-26-24-36(28-40(38)44(2,3)39(37)27-29)43-46-41(34-20-16-32(17-21-34)30-11-7-5-8-12-30)45-42(47-43)35-22-18-33(19-23-35)31-13-9-6-10-14-31/h5-28H,4H2,1-3H3. The molecule has 0 radical (unpaired) electrons. The molecule has 226 valence electrons. The van der Waals surface area contributed by atoms with Gasteiger partial charge in [0, 0.05) is 22.1 Å². The molecule has 1 aromatic heterocycles. The summed E-state index contributed by atoms with van der Waals surface area (Å²) in [6.45, 7) is 6.87. The molecule has 6 aromatic carbocycles. The molecule has 47 heavy (non-hydrogen) atoms.